The summed E-state index contributed by atoms with van der Waals surface area (Å²) in [5, 5.41) is 0. The third-order valence-corrected chi connectivity index (χ3v) is 4.28. The number of likely N-dealkylation sites (tertiary alicyclic amines) is 1. The first-order valence-corrected chi connectivity index (χ1v) is 7.61. The maximum Gasteiger partial charge on any atom is 0.199 e. The standard InChI is InChI=1S/C18H17FN2O/c19-15-6-2-1-5-13(15)11-21-10-9-14(12-21)18-20-16-7-3-4-8-17(16)22-18/h1-8,14H,9-12H2. The molecule has 1 unspecified atom stereocenters. The monoisotopic (exact) mass is 296 g/mol. The highest BCUT2D eigenvalue weighted by Gasteiger charge is 2.28. The number of rotatable bonds is 3. The summed E-state index contributed by atoms with van der Waals surface area (Å²) in [7, 11) is 0. The summed E-state index contributed by atoms with van der Waals surface area (Å²) in [6, 6.07) is 14.8. The van der Waals surface area contributed by atoms with E-state index in [2.05, 4.69) is 9.88 Å². The Bertz CT molecular complexity index is 765. The minimum Gasteiger partial charge on any atom is -0.440 e. The highest BCUT2D eigenvalue weighted by Crippen LogP contribution is 2.30. The molecule has 22 heavy (non-hydrogen) atoms. The van der Waals surface area contributed by atoms with Crippen molar-refractivity contribution in [2.45, 2.75) is 18.9 Å². The van der Waals surface area contributed by atoms with Crippen molar-refractivity contribution >= 4 is 11.1 Å². The van der Waals surface area contributed by atoms with E-state index in [-0.39, 0.29) is 5.82 Å². The van der Waals surface area contributed by atoms with Crippen molar-refractivity contribution in [1.29, 1.82) is 0 Å². The largest absolute Gasteiger partial charge is 0.440 e. The fourth-order valence-corrected chi connectivity index (χ4v) is 3.11. The minimum absolute atomic E-state index is 0.132. The topological polar surface area (TPSA) is 29.3 Å². The molecule has 1 saturated heterocycles. The molecule has 1 aliphatic rings. The van der Waals surface area contributed by atoms with Crippen molar-refractivity contribution in [3.05, 3.63) is 65.8 Å². The van der Waals surface area contributed by atoms with E-state index in [1.165, 1.54) is 6.07 Å². The van der Waals surface area contributed by atoms with Crippen molar-refractivity contribution in [3.63, 3.8) is 0 Å². The summed E-state index contributed by atoms with van der Waals surface area (Å²) in [5.74, 6) is 0.962. The Balaban J connectivity index is 1.49. The fourth-order valence-electron chi connectivity index (χ4n) is 3.11. The zero-order chi connectivity index (χ0) is 14.9. The lowest BCUT2D eigenvalue weighted by molar-refractivity contribution is 0.315. The molecule has 3 nitrogen and oxygen atoms in total. The number of aromatic nitrogens is 1. The van der Waals surface area contributed by atoms with Crippen LogP contribution in [0, 0.1) is 5.82 Å². The third-order valence-electron chi connectivity index (χ3n) is 4.28. The van der Waals surface area contributed by atoms with Gasteiger partial charge in [-0.05, 0) is 31.2 Å². The summed E-state index contributed by atoms with van der Waals surface area (Å²) in [6.07, 6.45) is 1.00. The smallest absolute Gasteiger partial charge is 0.199 e. The van der Waals surface area contributed by atoms with Crippen LogP contribution < -0.4 is 0 Å². The fraction of sp³-hybridized carbons (Fsp3) is 0.278. The van der Waals surface area contributed by atoms with Gasteiger partial charge in [0.25, 0.3) is 0 Å². The molecule has 1 atom stereocenters. The second kappa shape index (κ2) is 5.54. The molecule has 0 radical (unpaired) electrons. The number of halogens is 1. The SMILES string of the molecule is Fc1ccccc1CN1CCC(c2nc3ccccc3o2)C1. The van der Waals surface area contributed by atoms with Gasteiger partial charge in [0.2, 0.25) is 0 Å². The first-order chi connectivity index (χ1) is 10.8. The lowest BCUT2D eigenvalue weighted by Crippen LogP contribution is -2.20. The minimum atomic E-state index is -0.132. The Labute approximate surface area is 128 Å². The zero-order valence-electron chi connectivity index (χ0n) is 12.2. The summed E-state index contributed by atoms with van der Waals surface area (Å²) < 4.78 is 19.6. The Kier molecular flexibility index (Phi) is 3.39. The molecule has 0 saturated carbocycles. The summed E-state index contributed by atoms with van der Waals surface area (Å²) in [6.45, 7) is 2.45. The van der Waals surface area contributed by atoms with E-state index in [1.807, 2.05) is 36.4 Å². The molecule has 1 aromatic heterocycles. The second-order valence-electron chi connectivity index (χ2n) is 5.83. The average molecular weight is 296 g/mol. The van der Waals surface area contributed by atoms with Crippen LogP contribution >= 0.6 is 0 Å². The van der Waals surface area contributed by atoms with Gasteiger partial charge in [-0.2, -0.15) is 0 Å². The van der Waals surface area contributed by atoms with Gasteiger partial charge in [0, 0.05) is 24.6 Å². The Morgan fingerprint density at radius 3 is 2.82 bits per heavy atom. The number of hydrogen-bond acceptors (Lipinski definition) is 3. The number of oxazole rings is 1. The van der Waals surface area contributed by atoms with Crippen LogP contribution in [0.25, 0.3) is 11.1 Å². The molecule has 112 valence electrons. The van der Waals surface area contributed by atoms with Crippen molar-refractivity contribution in [2.24, 2.45) is 0 Å². The number of para-hydroxylation sites is 2. The molecule has 1 fully saturated rings. The lowest BCUT2D eigenvalue weighted by atomic mass is 10.1. The van der Waals surface area contributed by atoms with Crippen LogP contribution in [0.2, 0.25) is 0 Å². The van der Waals surface area contributed by atoms with E-state index in [9.17, 15) is 4.39 Å². The van der Waals surface area contributed by atoms with E-state index in [1.54, 1.807) is 6.07 Å². The Morgan fingerprint density at radius 1 is 1.14 bits per heavy atom. The number of fused-ring (bicyclic) bond motifs is 1. The molecule has 0 bridgehead atoms. The third kappa shape index (κ3) is 2.50. The lowest BCUT2D eigenvalue weighted by Gasteiger charge is -2.15. The maximum atomic E-state index is 13.7. The van der Waals surface area contributed by atoms with Crippen molar-refractivity contribution < 1.29 is 8.81 Å². The van der Waals surface area contributed by atoms with Gasteiger partial charge in [0.1, 0.15) is 11.3 Å². The molecular weight excluding hydrogens is 279 g/mol. The molecule has 0 N–H and O–H groups in total. The molecule has 2 aromatic carbocycles. The van der Waals surface area contributed by atoms with E-state index in [0.29, 0.717) is 12.5 Å². The number of nitrogens with zero attached hydrogens (tertiary/aromatic N) is 2. The van der Waals surface area contributed by atoms with E-state index >= 15 is 0 Å². The van der Waals surface area contributed by atoms with Gasteiger partial charge in [0.05, 0.1) is 0 Å². The van der Waals surface area contributed by atoms with Gasteiger partial charge >= 0.3 is 0 Å². The average Bonchev–Trinajstić information content (AvgIpc) is 3.15. The molecular formula is C18H17FN2O. The molecule has 0 aliphatic carbocycles. The predicted molar refractivity (Wildman–Crippen MR) is 83.0 cm³/mol. The number of benzene rings is 2. The Hall–Kier alpha value is -2.20. The zero-order valence-corrected chi connectivity index (χ0v) is 12.2. The van der Waals surface area contributed by atoms with E-state index in [4.69, 9.17) is 4.42 Å². The van der Waals surface area contributed by atoms with Crippen LogP contribution in [0.4, 0.5) is 4.39 Å². The maximum absolute atomic E-state index is 13.7. The Morgan fingerprint density at radius 2 is 1.95 bits per heavy atom. The highest BCUT2D eigenvalue weighted by molar-refractivity contribution is 5.72. The summed E-state index contributed by atoms with van der Waals surface area (Å²) in [4.78, 5) is 6.85. The first-order valence-electron chi connectivity index (χ1n) is 7.61. The molecule has 4 heteroatoms. The first kappa shape index (κ1) is 13.5. The van der Waals surface area contributed by atoms with Crippen LogP contribution in [-0.2, 0) is 6.54 Å². The van der Waals surface area contributed by atoms with Crippen LogP contribution in [0.5, 0.6) is 0 Å². The van der Waals surface area contributed by atoms with Crippen LogP contribution in [0.1, 0.15) is 23.8 Å². The van der Waals surface area contributed by atoms with Crippen molar-refractivity contribution in [1.82, 2.24) is 9.88 Å². The van der Waals surface area contributed by atoms with Gasteiger partial charge in [-0.3, -0.25) is 4.90 Å². The summed E-state index contributed by atoms with van der Waals surface area (Å²) >= 11 is 0. The number of hydrogen-bond donors (Lipinski definition) is 0. The molecule has 1 aliphatic heterocycles. The summed E-state index contributed by atoms with van der Waals surface area (Å²) in [5.41, 5.74) is 2.50. The van der Waals surface area contributed by atoms with Gasteiger partial charge in [-0.15, -0.1) is 0 Å². The van der Waals surface area contributed by atoms with Crippen molar-refractivity contribution in [3.8, 4) is 0 Å². The van der Waals surface area contributed by atoms with Crippen LogP contribution in [0.15, 0.2) is 52.9 Å². The van der Waals surface area contributed by atoms with E-state index in [0.717, 1.165) is 42.1 Å². The van der Waals surface area contributed by atoms with Gasteiger partial charge in [0.15, 0.2) is 11.5 Å². The van der Waals surface area contributed by atoms with Gasteiger partial charge < -0.3 is 4.42 Å². The molecule has 3 aromatic rings. The van der Waals surface area contributed by atoms with Crippen LogP contribution in [-0.4, -0.2) is 23.0 Å². The normalized spacial score (nSPS) is 19.0. The molecule has 2 heterocycles. The second-order valence-corrected chi connectivity index (χ2v) is 5.83. The van der Waals surface area contributed by atoms with Gasteiger partial charge in [-0.25, -0.2) is 9.37 Å². The van der Waals surface area contributed by atoms with Crippen LogP contribution in [0.3, 0.4) is 0 Å². The predicted octanol–water partition coefficient (Wildman–Crippen LogP) is 3.96. The highest BCUT2D eigenvalue weighted by atomic mass is 19.1. The molecule has 0 amide bonds. The van der Waals surface area contributed by atoms with E-state index < -0.39 is 0 Å². The molecule has 0 spiro atoms. The quantitative estimate of drug-likeness (QED) is 0.732. The van der Waals surface area contributed by atoms with Gasteiger partial charge in [-0.1, -0.05) is 30.3 Å². The van der Waals surface area contributed by atoms with Crippen molar-refractivity contribution in [2.75, 3.05) is 13.1 Å². The molecule has 4 rings (SSSR count).